The maximum atomic E-state index is 13.5. The standard InChI is InChI=1S/C24H24F3N3O7/c1-23(28)21(33)37-35-12-6-2-5-11-30(23)29-18-16(36-22(34)24(25,26)27)10-9-15-17(18)20(32)14-8-4-3-7-13(14)19(15)31/h3-4,7-10,15,17,29H,2,5-6,11-12,28H2,1H3/t15?,17?,23-/m1/s1. The summed E-state index contributed by atoms with van der Waals surface area (Å²) >= 11 is 0. The molecule has 37 heavy (non-hydrogen) atoms. The highest BCUT2D eigenvalue weighted by Crippen LogP contribution is 2.40. The zero-order valence-corrected chi connectivity index (χ0v) is 19.7. The molecule has 10 nitrogen and oxygen atoms in total. The summed E-state index contributed by atoms with van der Waals surface area (Å²) in [4.78, 5) is 60.7. The molecule has 3 N–H and O–H groups in total. The minimum atomic E-state index is -5.33. The van der Waals surface area contributed by atoms with E-state index in [-0.39, 0.29) is 30.0 Å². The molecule has 0 amide bonds. The first-order valence-electron chi connectivity index (χ1n) is 11.5. The van der Waals surface area contributed by atoms with E-state index in [9.17, 15) is 32.3 Å². The maximum Gasteiger partial charge on any atom is 0.491 e. The molecule has 1 fully saturated rings. The molecule has 198 valence electrons. The Morgan fingerprint density at radius 2 is 1.81 bits per heavy atom. The van der Waals surface area contributed by atoms with Gasteiger partial charge in [-0.15, -0.1) is 0 Å². The van der Waals surface area contributed by atoms with Crippen LogP contribution in [-0.4, -0.2) is 53.5 Å². The Kier molecular flexibility index (Phi) is 7.22. The lowest BCUT2D eigenvalue weighted by Crippen LogP contribution is -2.65. The van der Waals surface area contributed by atoms with Crippen molar-refractivity contribution in [2.24, 2.45) is 17.6 Å². The molecule has 1 aliphatic heterocycles. The smallest absolute Gasteiger partial charge is 0.418 e. The molecule has 1 aromatic carbocycles. The fourth-order valence-corrected chi connectivity index (χ4v) is 4.34. The highest BCUT2D eigenvalue weighted by Gasteiger charge is 2.49. The molecule has 13 heteroatoms. The molecule has 0 spiro atoms. The van der Waals surface area contributed by atoms with Gasteiger partial charge in [-0.3, -0.25) is 14.5 Å². The van der Waals surface area contributed by atoms with Crippen LogP contribution in [0.1, 0.15) is 46.9 Å². The van der Waals surface area contributed by atoms with E-state index in [2.05, 4.69) is 10.2 Å². The number of carbonyl (C=O) groups is 4. The van der Waals surface area contributed by atoms with E-state index in [4.69, 9.17) is 15.5 Å². The predicted molar refractivity (Wildman–Crippen MR) is 119 cm³/mol. The van der Waals surface area contributed by atoms with Crippen molar-refractivity contribution in [3.8, 4) is 0 Å². The number of allylic oxidation sites excluding steroid dienone is 3. The van der Waals surface area contributed by atoms with Gasteiger partial charge in [0.25, 0.3) is 0 Å². The molecule has 2 unspecified atom stereocenters. The molecule has 1 saturated heterocycles. The van der Waals surface area contributed by atoms with Gasteiger partial charge in [0, 0.05) is 17.7 Å². The van der Waals surface area contributed by atoms with Gasteiger partial charge in [-0.2, -0.15) is 23.1 Å². The van der Waals surface area contributed by atoms with Crippen LogP contribution in [0.15, 0.2) is 47.9 Å². The Balaban J connectivity index is 1.80. The number of halogens is 3. The second-order valence-corrected chi connectivity index (χ2v) is 8.97. The fraction of sp³-hybridized carbons (Fsp3) is 0.417. The molecule has 3 aliphatic rings. The van der Waals surface area contributed by atoms with Crippen LogP contribution >= 0.6 is 0 Å². The molecular formula is C24H24F3N3O7. The van der Waals surface area contributed by atoms with E-state index >= 15 is 0 Å². The largest absolute Gasteiger partial charge is 0.491 e. The lowest BCUT2D eigenvalue weighted by Gasteiger charge is -2.41. The third-order valence-electron chi connectivity index (χ3n) is 6.34. The van der Waals surface area contributed by atoms with Gasteiger partial charge in [0.1, 0.15) is 0 Å². The van der Waals surface area contributed by atoms with E-state index in [1.165, 1.54) is 25.1 Å². The second kappa shape index (κ2) is 10.1. The molecule has 3 atom stereocenters. The molecule has 0 saturated carbocycles. The third-order valence-corrected chi connectivity index (χ3v) is 6.34. The van der Waals surface area contributed by atoms with E-state index in [1.54, 1.807) is 12.1 Å². The minimum absolute atomic E-state index is 0.0640. The lowest BCUT2D eigenvalue weighted by molar-refractivity contribution is -0.283. The summed E-state index contributed by atoms with van der Waals surface area (Å²) in [5, 5.41) is 1.16. The van der Waals surface area contributed by atoms with Crippen molar-refractivity contribution in [1.82, 2.24) is 10.4 Å². The van der Waals surface area contributed by atoms with Crippen molar-refractivity contribution in [2.75, 3.05) is 13.2 Å². The molecular weight excluding hydrogens is 499 g/mol. The Morgan fingerprint density at radius 1 is 1.14 bits per heavy atom. The van der Waals surface area contributed by atoms with E-state index in [0.29, 0.717) is 19.3 Å². The first kappa shape index (κ1) is 26.5. The maximum absolute atomic E-state index is 13.5. The molecule has 4 rings (SSSR count). The van der Waals surface area contributed by atoms with Crippen molar-refractivity contribution in [3.63, 3.8) is 0 Å². The highest BCUT2D eigenvalue weighted by atomic mass is 19.4. The Bertz CT molecular complexity index is 1190. The number of nitrogens with two attached hydrogens (primary N) is 1. The van der Waals surface area contributed by atoms with Crippen molar-refractivity contribution in [1.29, 1.82) is 0 Å². The number of alkyl halides is 3. The first-order chi connectivity index (χ1) is 17.4. The van der Waals surface area contributed by atoms with Crippen molar-refractivity contribution >= 4 is 23.5 Å². The molecule has 0 bridgehead atoms. The van der Waals surface area contributed by atoms with Crippen LogP contribution in [0.3, 0.4) is 0 Å². The topological polar surface area (TPSA) is 137 Å². The Morgan fingerprint density at radius 3 is 2.49 bits per heavy atom. The first-order valence-corrected chi connectivity index (χ1v) is 11.5. The summed E-state index contributed by atoms with van der Waals surface area (Å²) in [6, 6.07) is 6.03. The number of carbonyl (C=O) groups excluding carboxylic acids is 4. The van der Waals surface area contributed by atoms with Gasteiger partial charge in [-0.25, -0.2) is 9.59 Å². The zero-order chi connectivity index (χ0) is 27.0. The number of ketones is 2. The number of hydrogen-bond acceptors (Lipinski definition) is 10. The summed E-state index contributed by atoms with van der Waals surface area (Å²) in [5.41, 5.74) is 6.95. The number of hydrogen-bond donors (Lipinski definition) is 2. The van der Waals surface area contributed by atoms with Crippen LogP contribution in [-0.2, 0) is 24.1 Å². The zero-order valence-electron chi connectivity index (χ0n) is 19.7. The van der Waals surface area contributed by atoms with Gasteiger partial charge < -0.3 is 15.9 Å². The van der Waals surface area contributed by atoms with Crippen LogP contribution in [0, 0.1) is 11.8 Å². The molecule has 1 heterocycles. The van der Waals surface area contributed by atoms with Crippen molar-refractivity contribution < 1.29 is 46.9 Å². The summed E-state index contributed by atoms with van der Waals surface area (Å²) < 4.78 is 43.8. The SMILES string of the molecule is C[C@]1(N)C(=O)OOCCCCCN1NC1=C(OC(=O)C(F)(F)F)C=CC2C(=O)c3ccccc3C(=O)C12. The monoisotopic (exact) mass is 523 g/mol. The quantitative estimate of drug-likeness (QED) is 0.449. The van der Waals surface area contributed by atoms with Gasteiger partial charge in [-0.1, -0.05) is 30.3 Å². The predicted octanol–water partition coefficient (Wildman–Crippen LogP) is 2.33. The number of nitrogens with zero attached hydrogens (tertiary/aromatic N) is 1. The van der Waals surface area contributed by atoms with Gasteiger partial charge in [-0.05, 0) is 32.3 Å². The Labute approximate surface area is 209 Å². The number of Topliss-reactive ketones (excluding diaryl/α,β-unsaturated/α-hetero) is 2. The molecule has 0 radical (unpaired) electrons. The number of esters is 1. The van der Waals surface area contributed by atoms with E-state index < -0.39 is 52.9 Å². The van der Waals surface area contributed by atoms with Crippen molar-refractivity contribution in [3.05, 3.63) is 59.0 Å². The van der Waals surface area contributed by atoms with Crippen LogP contribution in [0.4, 0.5) is 13.2 Å². The van der Waals surface area contributed by atoms with Gasteiger partial charge >= 0.3 is 18.1 Å². The number of hydrazine groups is 1. The molecule has 0 aromatic heterocycles. The minimum Gasteiger partial charge on any atom is -0.418 e. The lowest BCUT2D eigenvalue weighted by atomic mass is 9.70. The number of ether oxygens (including phenoxy) is 1. The van der Waals surface area contributed by atoms with Gasteiger partial charge in [0.05, 0.1) is 24.1 Å². The summed E-state index contributed by atoms with van der Waals surface area (Å²) in [6.07, 6.45) is -1.45. The van der Waals surface area contributed by atoms with Crippen LogP contribution in [0.2, 0.25) is 0 Å². The number of nitrogens with one attached hydrogen (secondary N) is 1. The van der Waals surface area contributed by atoms with Crippen LogP contribution < -0.4 is 11.2 Å². The molecule has 1 aromatic rings. The Hall–Kier alpha value is -3.55. The summed E-state index contributed by atoms with van der Waals surface area (Å²) in [5.74, 6) is -7.68. The van der Waals surface area contributed by atoms with Crippen molar-refractivity contribution in [2.45, 2.75) is 38.0 Å². The van der Waals surface area contributed by atoms with Gasteiger partial charge in [0.15, 0.2) is 23.0 Å². The normalized spacial score (nSPS) is 27.2. The highest BCUT2D eigenvalue weighted by molar-refractivity contribution is 6.17. The van der Waals surface area contributed by atoms with E-state index in [1.807, 2.05) is 0 Å². The number of benzene rings is 1. The van der Waals surface area contributed by atoms with Crippen LogP contribution in [0.5, 0.6) is 0 Å². The van der Waals surface area contributed by atoms with Crippen LogP contribution in [0.25, 0.3) is 0 Å². The third kappa shape index (κ3) is 5.15. The van der Waals surface area contributed by atoms with Gasteiger partial charge in [0.2, 0.25) is 0 Å². The summed E-state index contributed by atoms with van der Waals surface area (Å²) in [7, 11) is 0. The number of fused-ring (bicyclic) bond motifs is 2. The average molecular weight is 523 g/mol. The summed E-state index contributed by atoms with van der Waals surface area (Å²) in [6.45, 7) is 1.52. The van der Waals surface area contributed by atoms with E-state index in [0.717, 1.165) is 11.1 Å². The second-order valence-electron chi connectivity index (χ2n) is 8.97. The molecule has 2 aliphatic carbocycles. The number of rotatable bonds is 3. The average Bonchev–Trinajstić information content (AvgIpc) is 2.85. The fourth-order valence-electron chi connectivity index (χ4n) is 4.34.